The van der Waals surface area contributed by atoms with Crippen molar-refractivity contribution in [3.8, 4) is 12.3 Å². The molecule has 1 N–H and O–H groups in total. The first-order valence-electron chi connectivity index (χ1n) is 4.07. The van der Waals surface area contributed by atoms with Gasteiger partial charge >= 0.3 is 0 Å². The van der Waals surface area contributed by atoms with E-state index in [4.69, 9.17) is 6.42 Å². The Morgan fingerprint density at radius 2 is 2.17 bits per heavy atom. The smallest absolute Gasteiger partial charge is 0.220 e. The van der Waals surface area contributed by atoms with Crippen LogP contribution in [0.4, 0.5) is 0 Å². The molecule has 0 fully saturated rings. The van der Waals surface area contributed by atoms with Gasteiger partial charge in [0.15, 0.2) is 0 Å². The topological polar surface area (TPSA) is 29.1 Å². The van der Waals surface area contributed by atoms with E-state index in [0.29, 0.717) is 13.0 Å². The van der Waals surface area contributed by atoms with Gasteiger partial charge in [0.05, 0.1) is 6.54 Å². The van der Waals surface area contributed by atoms with Gasteiger partial charge in [-0.05, 0) is 12.8 Å². The van der Waals surface area contributed by atoms with Crippen molar-refractivity contribution in [2.24, 2.45) is 0 Å². The number of terminal acetylenes is 1. The Labute approximate surface area is 82.2 Å². The number of hydrogen-bond acceptors (Lipinski definition) is 1. The molecule has 0 aromatic rings. The maximum Gasteiger partial charge on any atom is 0.220 e. The standard InChI is InChI=1S/C9H14BrNO/c1-2-8-11-9(12)6-4-3-5-7-10/h1H,3-8H2,(H,11,12). The fraction of sp³-hybridized carbons (Fsp3) is 0.667. The highest BCUT2D eigenvalue weighted by Gasteiger charge is 1.97. The highest BCUT2D eigenvalue weighted by Crippen LogP contribution is 2.01. The minimum Gasteiger partial charge on any atom is -0.345 e. The van der Waals surface area contributed by atoms with Crippen LogP contribution in [0, 0.1) is 12.3 Å². The summed E-state index contributed by atoms with van der Waals surface area (Å²) in [4.78, 5) is 10.9. The van der Waals surface area contributed by atoms with Crippen molar-refractivity contribution in [2.75, 3.05) is 11.9 Å². The van der Waals surface area contributed by atoms with Crippen molar-refractivity contribution in [2.45, 2.75) is 25.7 Å². The first-order valence-corrected chi connectivity index (χ1v) is 5.19. The van der Waals surface area contributed by atoms with E-state index in [-0.39, 0.29) is 5.91 Å². The van der Waals surface area contributed by atoms with Crippen molar-refractivity contribution in [3.63, 3.8) is 0 Å². The van der Waals surface area contributed by atoms with Crippen molar-refractivity contribution < 1.29 is 4.79 Å². The second-order valence-corrected chi connectivity index (χ2v) is 3.27. The molecule has 0 saturated carbocycles. The summed E-state index contributed by atoms with van der Waals surface area (Å²) in [5.41, 5.74) is 0. The Hall–Kier alpha value is -0.490. The summed E-state index contributed by atoms with van der Waals surface area (Å²) in [6.07, 6.45) is 8.74. The highest BCUT2D eigenvalue weighted by atomic mass is 79.9. The molecule has 0 aromatic heterocycles. The third-order valence-corrected chi connectivity index (χ3v) is 1.99. The fourth-order valence-corrected chi connectivity index (χ4v) is 1.19. The molecule has 0 rings (SSSR count). The lowest BCUT2D eigenvalue weighted by Crippen LogP contribution is -2.22. The van der Waals surface area contributed by atoms with Gasteiger partial charge in [0.1, 0.15) is 0 Å². The summed E-state index contributed by atoms with van der Waals surface area (Å²) < 4.78 is 0. The summed E-state index contributed by atoms with van der Waals surface area (Å²) in [7, 11) is 0. The lowest BCUT2D eigenvalue weighted by Gasteiger charge is -1.99. The lowest BCUT2D eigenvalue weighted by molar-refractivity contribution is -0.120. The molecule has 0 aromatic carbocycles. The summed E-state index contributed by atoms with van der Waals surface area (Å²) in [5.74, 6) is 2.42. The van der Waals surface area contributed by atoms with Crippen LogP contribution in [0.5, 0.6) is 0 Å². The van der Waals surface area contributed by atoms with Gasteiger partial charge in [-0.2, -0.15) is 0 Å². The molecule has 0 unspecified atom stereocenters. The van der Waals surface area contributed by atoms with Crippen LogP contribution in [-0.2, 0) is 4.79 Å². The predicted molar refractivity (Wildman–Crippen MR) is 54.1 cm³/mol. The predicted octanol–water partition coefficient (Wildman–Crippen LogP) is 1.69. The van der Waals surface area contributed by atoms with E-state index < -0.39 is 0 Å². The van der Waals surface area contributed by atoms with E-state index in [0.717, 1.165) is 24.6 Å². The molecule has 2 nitrogen and oxygen atoms in total. The minimum absolute atomic E-state index is 0.0579. The summed E-state index contributed by atoms with van der Waals surface area (Å²) in [6, 6.07) is 0. The average Bonchev–Trinajstić information content (AvgIpc) is 2.09. The van der Waals surface area contributed by atoms with Gasteiger partial charge in [-0.1, -0.05) is 28.3 Å². The van der Waals surface area contributed by atoms with E-state index in [2.05, 4.69) is 27.2 Å². The molecule has 1 amide bonds. The molecule has 12 heavy (non-hydrogen) atoms. The van der Waals surface area contributed by atoms with E-state index in [1.165, 1.54) is 0 Å². The van der Waals surface area contributed by atoms with Crippen LogP contribution in [0.1, 0.15) is 25.7 Å². The monoisotopic (exact) mass is 231 g/mol. The Kier molecular flexibility index (Phi) is 8.25. The number of carbonyl (C=O) groups is 1. The van der Waals surface area contributed by atoms with Crippen molar-refractivity contribution >= 4 is 21.8 Å². The molecular weight excluding hydrogens is 218 g/mol. The largest absolute Gasteiger partial charge is 0.345 e. The molecule has 0 aliphatic carbocycles. The molecule has 0 saturated heterocycles. The number of unbranched alkanes of at least 4 members (excludes halogenated alkanes) is 2. The van der Waals surface area contributed by atoms with Gasteiger partial charge in [0.2, 0.25) is 5.91 Å². The highest BCUT2D eigenvalue weighted by molar-refractivity contribution is 9.09. The molecule has 0 spiro atoms. The van der Waals surface area contributed by atoms with E-state index in [9.17, 15) is 4.79 Å². The normalized spacial score (nSPS) is 9.00. The van der Waals surface area contributed by atoms with Gasteiger partial charge in [-0.25, -0.2) is 0 Å². The zero-order chi connectivity index (χ0) is 9.23. The number of rotatable bonds is 6. The van der Waals surface area contributed by atoms with Crippen LogP contribution < -0.4 is 5.32 Å². The van der Waals surface area contributed by atoms with Crippen molar-refractivity contribution in [3.05, 3.63) is 0 Å². The van der Waals surface area contributed by atoms with Gasteiger partial charge in [0, 0.05) is 11.8 Å². The van der Waals surface area contributed by atoms with Crippen LogP contribution in [0.25, 0.3) is 0 Å². The number of hydrogen-bond donors (Lipinski definition) is 1. The first-order chi connectivity index (χ1) is 5.81. The van der Waals surface area contributed by atoms with Crippen LogP contribution in [0.15, 0.2) is 0 Å². The van der Waals surface area contributed by atoms with Crippen LogP contribution in [0.3, 0.4) is 0 Å². The number of halogens is 1. The van der Waals surface area contributed by atoms with Crippen LogP contribution in [0.2, 0.25) is 0 Å². The third kappa shape index (κ3) is 7.62. The third-order valence-electron chi connectivity index (χ3n) is 1.43. The van der Waals surface area contributed by atoms with Crippen LogP contribution >= 0.6 is 15.9 Å². The lowest BCUT2D eigenvalue weighted by atomic mass is 10.2. The van der Waals surface area contributed by atoms with Gasteiger partial charge in [-0.15, -0.1) is 6.42 Å². The molecule has 3 heteroatoms. The average molecular weight is 232 g/mol. The van der Waals surface area contributed by atoms with Crippen molar-refractivity contribution in [1.82, 2.24) is 5.32 Å². The minimum atomic E-state index is 0.0579. The molecule has 0 aliphatic heterocycles. The molecular formula is C9H14BrNO. The second-order valence-electron chi connectivity index (χ2n) is 2.48. The Bertz CT molecular complexity index is 162. The van der Waals surface area contributed by atoms with Crippen molar-refractivity contribution in [1.29, 1.82) is 0 Å². The van der Waals surface area contributed by atoms with Gasteiger partial charge < -0.3 is 5.32 Å². The van der Waals surface area contributed by atoms with Gasteiger partial charge in [0.25, 0.3) is 0 Å². The SMILES string of the molecule is C#CCNC(=O)CCCCCBr. The molecule has 0 aliphatic rings. The number of nitrogens with one attached hydrogen (secondary N) is 1. The summed E-state index contributed by atoms with van der Waals surface area (Å²) in [6.45, 7) is 0.345. The molecule has 0 radical (unpaired) electrons. The molecule has 0 atom stereocenters. The maximum atomic E-state index is 10.9. The van der Waals surface area contributed by atoms with Gasteiger partial charge in [-0.3, -0.25) is 4.79 Å². The molecule has 0 bridgehead atoms. The summed E-state index contributed by atoms with van der Waals surface area (Å²) >= 11 is 3.33. The maximum absolute atomic E-state index is 10.9. The number of alkyl halides is 1. The quantitative estimate of drug-likeness (QED) is 0.421. The Balaban J connectivity index is 3.15. The Morgan fingerprint density at radius 3 is 2.75 bits per heavy atom. The molecule has 0 heterocycles. The van der Waals surface area contributed by atoms with Crippen LogP contribution in [-0.4, -0.2) is 17.8 Å². The number of carbonyl (C=O) groups excluding carboxylic acids is 1. The Morgan fingerprint density at radius 1 is 1.42 bits per heavy atom. The summed E-state index contributed by atoms with van der Waals surface area (Å²) in [5, 5.41) is 3.64. The first kappa shape index (κ1) is 11.5. The van der Waals surface area contributed by atoms with E-state index >= 15 is 0 Å². The number of amides is 1. The zero-order valence-corrected chi connectivity index (χ0v) is 8.69. The zero-order valence-electron chi connectivity index (χ0n) is 7.11. The molecule has 68 valence electrons. The second kappa shape index (κ2) is 8.61. The van der Waals surface area contributed by atoms with E-state index in [1.807, 2.05) is 0 Å². The van der Waals surface area contributed by atoms with E-state index in [1.54, 1.807) is 0 Å². The fourth-order valence-electron chi connectivity index (χ4n) is 0.795.